The first-order chi connectivity index (χ1) is 11.8. The van der Waals surface area contributed by atoms with Crippen LogP contribution >= 0.6 is 0 Å². The smallest absolute Gasteiger partial charge is 0.150 e. The van der Waals surface area contributed by atoms with E-state index in [1.807, 2.05) is 67.6 Å². The molecule has 24 heavy (non-hydrogen) atoms. The van der Waals surface area contributed by atoms with Crippen LogP contribution < -0.4 is 10.1 Å². The summed E-state index contributed by atoms with van der Waals surface area (Å²) in [6.45, 7) is 2.00. The van der Waals surface area contributed by atoms with Crippen molar-refractivity contribution in [3.05, 3.63) is 72.7 Å². The van der Waals surface area contributed by atoms with Crippen molar-refractivity contribution in [2.75, 3.05) is 5.32 Å². The van der Waals surface area contributed by atoms with E-state index in [2.05, 4.69) is 20.3 Å². The van der Waals surface area contributed by atoms with Gasteiger partial charge in [-0.2, -0.15) is 0 Å². The van der Waals surface area contributed by atoms with E-state index in [9.17, 15) is 0 Å². The van der Waals surface area contributed by atoms with Crippen LogP contribution in [0.3, 0.4) is 0 Å². The van der Waals surface area contributed by atoms with E-state index in [4.69, 9.17) is 4.74 Å². The normalized spacial score (nSPS) is 10.7. The second-order valence-electron chi connectivity index (χ2n) is 5.47. The lowest BCUT2D eigenvalue weighted by Crippen LogP contribution is -1.97. The number of aryl methyl sites for hydroxylation is 1. The van der Waals surface area contributed by atoms with Gasteiger partial charge in [0.25, 0.3) is 0 Å². The molecule has 0 atom stereocenters. The number of nitrogens with one attached hydrogen (secondary N) is 2. The highest BCUT2D eigenvalue weighted by Crippen LogP contribution is 2.32. The van der Waals surface area contributed by atoms with Crippen molar-refractivity contribution in [2.45, 2.75) is 6.92 Å². The van der Waals surface area contributed by atoms with Crippen molar-refractivity contribution in [2.24, 2.45) is 0 Å². The molecule has 4 rings (SSSR count). The van der Waals surface area contributed by atoms with Gasteiger partial charge in [-0.25, -0.2) is 9.97 Å². The van der Waals surface area contributed by atoms with Gasteiger partial charge in [-0.1, -0.05) is 30.3 Å². The second kappa shape index (κ2) is 6.04. The number of H-pyrrole nitrogens is 1. The van der Waals surface area contributed by atoms with Crippen LogP contribution in [0, 0.1) is 6.92 Å². The fourth-order valence-corrected chi connectivity index (χ4v) is 2.57. The minimum atomic E-state index is 0.739. The molecule has 2 aromatic carbocycles. The van der Waals surface area contributed by atoms with Crippen molar-refractivity contribution >= 4 is 22.5 Å². The Kier molecular flexibility index (Phi) is 3.59. The summed E-state index contributed by atoms with van der Waals surface area (Å²) in [6, 6.07) is 19.5. The molecule has 4 aromatic rings. The summed E-state index contributed by atoms with van der Waals surface area (Å²) in [7, 11) is 0. The molecule has 0 aliphatic carbocycles. The van der Waals surface area contributed by atoms with Gasteiger partial charge in [-0.15, -0.1) is 0 Å². The van der Waals surface area contributed by atoms with E-state index in [0.29, 0.717) is 0 Å². The number of ether oxygens (including phenoxy) is 1. The van der Waals surface area contributed by atoms with Crippen molar-refractivity contribution in [1.82, 2.24) is 15.0 Å². The van der Waals surface area contributed by atoms with E-state index >= 15 is 0 Å². The lowest BCUT2D eigenvalue weighted by molar-refractivity contribution is 0.485. The summed E-state index contributed by atoms with van der Waals surface area (Å²) in [5, 5.41) is 4.30. The van der Waals surface area contributed by atoms with Crippen LogP contribution in [0.1, 0.15) is 5.69 Å². The molecule has 0 saturated heterocycles. The molecule has 0 bridgehead atoms. The fourth-order valence-electron chi connectivity index (χ4n) is 2.57. The van der Waals surface area contributed by atoms with E-state index in [1.54, 1.807) is 6.33 Å². The number of hydrogen-bond acceptors (Lipinski definition) is 4. The Morgan fingerprint density at radius 3 is 2.62 bits per heavy atom. The minimum Gasteiger partial charge on any atom is -0.455 e. The van der Waals surface area contributed by atoms with Gasteiger partial charge in [0.05, 0.1) is 11.1 Å². The summed E-state index contributed by atoms with van der Waals surface area (Å²) in [4.78, 5) is 11.8. The monoisotopic (exact) mass is 316 g/mol. The second-order valence-corrected chi connectivity index (χ2v) is 5.47. The van der Waals surface area contributed by atoms with Gasteiger partial charge in [-0.05, 0) is 37.3 Å². The summed E-state index contributed by atoms with van der Waals surface area (Å²) in [6.07, 6.45) is 1.54. The molecule has 0 radical (unpaired) electrons. The number of aromatic amines is 1. The standard InChI is InChI=1S/C19H16N4O/c1-13-11-15-18(22-13)20-12-21-19(15)23-16-9-5-6-10-17(16)24-14-7-3-2-4-8-14/h2-12H,1H3,(H2,20,21,22,23). The highest BCUT2D eigenvalue weighted by atomic mass is 16.5. The Hall–Kier alpha value is -3.34. The molecule has 5 heteroatoms. The van der Waals surface area contributed by atoms with Gasteiger partial charge in [0.1, 0.15) is 23.5 Å². The van der Waals surface area contributed by atoms with E-state index in [0.717, 1.165) is 39.7 Å². The van der Waals surface area contributed by atoms with Gasteiger partial charge >= 0.3 is 0 Å². The Morgan fingerprint density at radius 2 is 1.75 bits per heavy atom. The van der Waals surface area contributed by atoms with Gasteiger partial charge in [-0.3, -0.25) is 0 Å². The topological polar surface area (TPSA) is 62.8 Å². The van der Waals surface area contributed by atoms with Gasteiger partial charge in [0.15, 0.2) is 5.75 Å². The Balaban J connectivity index is 1.69. The van der Waals surface area contributed by atoms with Crippen LogP contribution in [0.25, 0.3) is 11.0 Å². The third-order valence-corrected chi connectivity index (χ3v) is 3.67. The van der Waals surface area contributed by atoms with E-state index in [1.165, 1.54) is 0 Å². The molecule has 2 N–H and O–H groups in total. The number of benzene rings is 2. The quantitative estimate of drug-likeness (QED) is 0.567. The van der Waals surface area contributed by atoms with Crippen molar-refractivity contribution in [1.29, 1.82) is 0 Å². The number of anilines is 2. The van der Waals surface area contributed by atoms with Gasteiger partial charge in [0, 0.05) is 5.69 Å². The largest absolute Gasteiger partial charge is 0.455 e. The van der Waals surface area contributed by atoms with Crippen molar-refractivity contribution in [3.63, 3.8) is 0 Å². The third-order valence-electron chi connectivity index (χ3n) is 3.67. The van der Waals surface area contributed by atoms with Crippen LogP contribution in [-0.2, 0) is 0 Å². The Labute approximate surface area is 139 Å². The zero-order valence-electron chi connectivity index (χ0n) is 13.2. The fraction of sp³-hybridized carbons (Fsp3) is 0.0526. The summed E-state index contributed by atoms with van der Waals surface area (Å²) in [5.74, 6) is 2.27. The lowest BCUT2D eigenvalue weighted by atomic mass is 10.2. The molecule has 0 fully saturated rings. The molecule has 5 nitrogen and oxygen atoms in total. The molecule has 0 aliphatic heterocycles. The van der Waals surface area contributed by atoms with Crippen molar-refractivity contribution < 1.29 is 4.74 Å². The predicted molar refractivity (Wildman–Crippen MR) is 94.9 cm³/mol. The molecule has 0 saturated carbocycles. The first-order valence-electron chi connectivity index (χ1n) is 7.69. The van der Waals surface area contributed by atoms with Gasteiger partial charge in [0.2, 0.25) is 0 Å². The van der Waals surface area contributed by atoms with E-state index in [-0.39, 0.29) is 0 Å². The number of hydrogen-bond donors (Lipinski definition) is 2. The first kappa shape index (κ1) is 14.3. The maximum absolute atomic E-state index is 5.99. The maximum atomic E-state index is 5.99. The molecule has 2 heterocycles. The molecule has 0 unspecified atom stereocenters. The molecular weight excluding hydrogens is 300 g/mol. The minimum absolute atomic E-state index is 0.739. The predicted octanol–water partition coefficient (Wildman–Crippen LogP) is 4.80. The first-order valence-corrected chi connectivity index (χ1v) is 7.69. The van der Waals surface area contributed by atoms with Crippen LogP contribution in [0.4, 0.5) is 11.5 Å². The molecule has 2 aromatic heterocycles. The number of aromatic nitrogens is 3. The highest BCUT2D eigenvalue weighted by molar-refractivity contribution is 5.90. The molecule has 0 spiro atoms. The molecular formula is C19H16N4O. The number of nitrogens with zero attached hydrogens (tertiary/aromatic N) is 2. The maximum Gasteiger partial charge on any atom is 0.150 e. The number of fused-ring (bicyclic) bond motifs is 1. The zero-order chi connectivity index (χ0) is 16.4. The average molecular weight is 316 g/mol. The zero-order valence-corrected chi connectivity index (χ0v) is 13.2. The van der Waals surface area contributed by atoms with Gasteiger partial charge < -0.3 is 15.0 Å². The van der Waals surface area contributed by atoms with Crippen LogP contribution in [-0.4, -0.2) is 15.0 Å². The summed E-state index contributed by atoms with van der Waals surface area (Å²) >= 11 is 0. The number of rotatable bonds is 4. The van der Waals surface area contributed by atoms with Crippen LogP contribution in [0.2, 0.25) is 0 Å². The van der Waals surface area contributed by atoms with E-state index < -0.39 is 0 Å². The molecule has 0 amide bonds. The lowest BCUT2D eigenvalue weighted by Gasteiger charge is -2.12. The highest BCUT2D eigenvalue weighted by Gasteiger charge is 2.10. The SMILES string of the molecule is Cc1cc2c(Nc3ccccc3Oc3ccccc3)ncnc2[nH]1. The molecule has 0 aliphatic rings. The summed E-state index contributed by atoms with van der Waals surface area (Å²) in [5.41, 5.74) is 2.70. The van der Waals surface area contributed by atoms with Crippen molar-refractivity contribution in [3.8, 4) is 11.5 Å². The summed E-state index contributed by atoms with van der Waals surface area (Å²) < 4.78 is 5.99. The van der Waals surface area contributed by atoms with Crippen LogP contribution in [0.5, 0.6) is 11.5 Å². The third kappa shape index (κ3) is 2.79. The average Bonchev–Trinajstić information content (AvgIpc) is 2.99. The number of para-hydroxylation sites is 3. The molecule has 118 valence electrons. The Bertz CT molecular complexity index is 979. The Morgan fingerprint density at radius 1 is 0.958 bits per heavy atom. The van der Waals surface area contributed by atoms with Crippen LogP contribution in [0.15, 0.2) is 67.0 Å².